The maximum absolute atomic E-state index is 3.54. The zero-order chi connectivity index (χ0) is 8.81. The SMILES string of the molecule is CCCNCCC1NCCC1C. The largest absolute Gasteiger partial charge is 0.317 e. The first-order chi connectivity index (χ1) is 5.84. The predicted octanol–water partition coefficient (Wildman–Crippen LogP) is 1.37. The molecule has 0 bridgehead atoms. The Morgan fingerprint density at radius 3 is 2.83 bits per heavy atom. The molecule has 0 radical (unpaired) electrons. The van der Waals surface area contributed by atoms with Crippen molar-refractivity contribution in [2.24, 2.45) is 5.92 Å². The molecule has 1 aliphatic rings. The fourth-order valence-corrected chi connectivity index (χ4v) is 1.84. The fourth-order valence-electron chi connectivity index (χ4n) is 1.84. The molecule has 2 unspecified atom stereocenters. The number of hydrogen-bond acceptors (Lipinski definition) is 2. The highest BCUT2D eigenvalue weighted by atomic mass is 15.0. The van der Waals surface area contributed by atoms with E-state index < -0.39 is 0 Å². The minimum Gasteiger partial charge on any atom is -0.317 e. The van der Waals surface area contributed by atoms with Gasteiger partial charge in [-0.1, -0.05) is 13.8 Å². The highest BCUT2D eigenvalue weighted by Crippen LogP contribution is 2.16. The smallest absolute Gasteiger partial charge is 0.0105 e. The lowest BCUT2D eigenvalue weighted by molar-refractivity contribution is 0.440. The van der Waals surface area contributed by atoms with E-state index in [0.29, 0.717) is 0 Å². The molecule has 1 rings (SSSR count). The van der Waals surface area contributed by atoms with Crippen molar-refractivity contribution < 1.29 is 0 Å². The van der Waals surface area contributed by atoms with E-state index in [9.17, 15) is 0 Å². The highest BCUT2D eigenvalue weighted by molar-refractivity contribution is 4.80. The molecule has 2 N–H and O–H groups in total. The van der Waals surface area contributed by atoms with Crippen molar-refractivity contribution in [1.29, 1.82) is 0 Å². The first-order valence-corrected chi connectivity index (χ1v) is 5.28. The normalized spacial score (nSPS) is 29.5. The molecular formula is C10H22N2. The van der Waals surface area contributed by atoms with E-state index in [1.54, 1.807) is 0 Å². The summed E-state index contributed by atoms with van der Waals surface area (Å²) in [7, 11) is 0. The molecule has 0 spiro atoms. The van der Waals surface area contributed by atoms with Crippen LogP contribution in [0.15, 0.2) is 0 Å². The van der Waals surface area contributed by atoms with Crippen LogP contribution < -0.4 is 10.6 Å². The first-order valence-electron chi connectivity index (χ1n) is 5.28. The summed E-state index contributed by atoms with van der Waals surface area (Å²) in [5.74, 6) is 0.883. The van der Waals surface area contributed by atoms with Crippen molar-refractivity contribution in [2.75, 3.05) is 19.6 Å². The van der Waals surface area contributed by atoms with Crippen LogP contribution in [0.5, 0.6) is 0 Å². The fraction of sp³-hybridized carbons (Fsp3) is 1.00. The molecule has 0 aromatic heterocycles. The third kappa shape index (κ3) is 3.11. The Kier molecular flexibility index (Phi) is 4.62. The second kappa shape index (κ2) is 5.55. The summed E-state index contributed by atoms with van der Waals surface area (Å²) in [6.45, 7) is 8.13. The zero-order valence-corrected chi connectivity index (χ0v) is 8.40. The van der Waals surface area contributed by atoms with Gasteiger partial charge in [0.2, 0.25) is 0 Å². The van der Waals surface area contributed by atoms with Crippen LogP contribution in [0.2, 0.25) is 0 Å². The quantitative estimate of drug-likeness (QED) is 0.609. The Bertz CT molecular complexity index is 114. The van der Waals surface area contributed by atoms with E-state index in [2.05, 4.69) is 24.5 Å². The molecule has 1 saturated heterocycles. The van der Waals surface area contributed by atoms with Gasteiger partial charge < -0.3 is 10.6 Å². The van der Waals surface area contributed by atoms with Crippen molar-refractivity contribution >= 4 is 0 Å². The van der Waals surface area contributed by atoms with E-state index in [1.165, 1.54) is 38.9 Å². The summed E-state index contributed by atoms with van der Waals surface area (Å²) in [5, 5.41) is 6.99. The van der Waals surface area contributed by atoms with Crippen LogP contribution in [-0.4, -0.2) is 25.7 Å². The van der Waals surface area contributed by atoms with E-state index in [4.69, 9.17) is 0 Å². The minimum atomic E-state index is 0.773. The predicted molar refractivity (Wildman–Crippen MR) is 53.3 cm³/mol. The molecule has 1 heterocycles. The number of rotatable bonds is 5. The Morgan fingerprint density at radius 2 is 2.25 bits per heavy atom. The van der Waals surface area contributed by atoms with Gasteiger partial charge in [0.1, 0.15) is 0 Å². The number of hydrogen-bond donors (Lipinski definition) is 2. The van der Waals surface area contributed by atoms with E-state index in [0.717, 1.165) is 12.0 Å². The van der Waals surface area contributed by atoms with Gasteiger partial charge in [-0.25, -0.2) is 0 Å². The third-order valence-corrected chi connectivity index (χ3v) is 2.75. The van der Waals surface area contributed by atoms with Crippen LogP contribution in [0.1, 0.15) is 33.1 Å². The molecular weight excluding hydrogens is 148 g/mol. The van der Waals surface area contributed by atoms with Gasteiger partial charge in [-0.2, -0.15) is 0 Å². The lowest BCUT2D eigenvalue weighted by Gasteiger charge is -2.15. The van der Waals surface area contributed by atoms with E-state index >= 15 is 0 Å². The molecule has 0 aromatic carbocycles. The van der Waals surface area contributed by atoms with Gasteiger partial charge in [-0.3, -0.25) is 0 Å². The monoisotopic (exact) mass is 170 g/mol. The Morgan fingerprint density at radius 1 is 1.42 bits per heavy atom. The summed E-state index contributed by atoms with van der Waals surface area (Å²) < 4.78 is 0. The van der Waals surface area contributed by atoms with Crippen LogP contribution in [0, 0.1) is 5.92 Å². The first kappa shape index (κ1) is 10.0. The summed E-state index contributed by atoms with van der Waals surface area (Å²) in [4.78, 5) is 0. The summed E-state index contributed by atoms with van der Waals surface area (Å²) in [5.41, 5.74) is 0. The summed E-state index contributed by atoms with van der Waals surface area (Å²) in [6, 6.07) is 0.773. The molecule has 1 fully saturated rings. The lowest BCUT2D eigenvalue weighted by atomic mass is 10.0. The molecule has 2 nitrogen and oxygen atoms in total. The third-order valence-electron chi connectivity index (χ3n) is 2.75. The van der Waals surface area contributed by atoms with Gasteiger partial charge >= 0.3 is 0 Å². The summed E-state index contributed by atoms with van der Waals surface area (Å²) in [6.07, 6.45) is 3.90. The molecule has 0 saturated carbocycles. The van der Waals surface area contributed by atoms with E-state index in [1.807, 2.05) is 0 Å². The molecule has 0 amide bonds. The van der Waals surface area contributed by atoms with Gasteiger partial charge in [0.15, 0.2) is 0 Å². The van der Waals surface area contributed by atoms with Gasteiger partial charge in [-0.15, -0.1) is 0 Å². The molecule has 2 atom stereocenters. The maximum atomic E-state index is 3.54. The summed E-state index contributed by atoms with van der Waals surface area (Å²) >= 11 is 0. The second-order valence-corrected chi connectivity index (χ2v) is 3.87. The Hall–Kier alpha value is -0.0800. The Balaban J connectivity index is 1.98. The van der Waals surface area contributed by atoms with Crippen LogP contribution in [0.3, 0.4) is 0 Å². The maximum Gasteiger partial charge on any atom is 0.0105 e. The molecule has 72 valence electrons. The standard InChI is InChI=1S/C10H22N2/c1-3-6-11-7-5-10-9(2)4-8-12-10/h9-12H,3-8H2,1-2H3. The van der Waals surface area contributed by atoms with Crippen LogP contribution >= 0.6 is 0 Å². The van der Waals surface area contributed by atoms with Crippen molar-refractivity contribution in [1.82, 2.24) is 10.6 Å². The molecule has 0 aliphatic carbocycles. The average molecular weight is 170 g/mol. The van der Waals surface area contributed by atoms with Gasteiger partial charge in [0, 0.05) is 6.04 Å². The Labute approximate surface area is 76.1 Å². The zero-order valence-electron chi connectivity index (χ0n) is 8.40. The average Bonchev–Trinajstić information content (AvgIpc) is 2.46. The van der Waals surface area contributed by atoms with Crippen molar-refractivity contribution in [3.05, 3.63) is 0 Å². The van der Waals surface area contributed by atoms with Gasteiger partial charge in [0.25, 0.3) is 0 Å². The van der Waals surface area contributed by atoms with Gasteiger partial charge in [-0.05, 0) is 44.8 Å². The lowest BCUT2D eigenvalue weighted by Crippen LogP contribution is -2.30. The van der Waals surface area contributed by atoms with Crippen molar-refractivity contribution in [2.45, 2.75) is 39.2 Å². The molecule has 2 heteroatoms. The highest BCUT2D eigenvalue weighted by Gasteiger charge is 2.21. The second-order valence-electron chi connectivity index (χ2n) is 3.87. The van der Waals surface area contributed by atoms with E-state index in [-0.39, 0.29) is 0 Å². The molecule has 0 aromatic rings. The topological polar surface area (TPSA) is 24.1 Å². The van der Waals surface area contributed by atoms with Crippen molar-refractivity contribution in [3.63, 3.8) is 0 Å². The van der Waals surface area contributed by atoms with Crippen LogP contribution in [0.4, 0.5) is 0 Å². The minimum absolute atomic E-state index is 0.773. The van der Waals surface area contributed by atoms with Crippen molar-refractivity contribution in [3.8, 4) is 0 Å². The molecule has 1 aliphatic heterocycles. The van der Waals surface area contributed by atoms with Gasteiger partial charge in [0.05, 0.1) is 0 Å². The van der Waals surface area contributed by atoms with Crippen LogP contribution in [-0.2, 0) is 0 Å². The number of nitrogens with one attached hydrogen (secondary N) is 2. The molecule has 12 heavy (non-hydrogen) atoms. The van der Waals surface area contributed by atoms with Crippen LogP contribution in [0.25, 0.3) is 0 Å².